The van der Waals surface area contributed by atoms with Gasteiger partial charge in [0.1, 0.15) is 5.75 Å². The third kappa shape index (κ3) is 8.11. The van der Waals surface area contributed by atoms with E-state index in [4.69, 9.17) is 9.47 Å². The Bertz CT molecular complexity index is 1130. The summed E-state index contributed by atoms with van der Waals surface area (Å²) in [5.41, 5.74) is -0.577. The van der Waals surface area contributed by atoms with Crippen molar-refractivity contribution in [2.24, 2.45) is 0 Å². The van der Waals surface area contributed by atoms with Crippen LogP contribution in [0.4, 0.5) is 18.9 Å². The maximum atomic E-state index is 13.5. The van der Waals surface area contributed by atoms with E-state index < -0.39 is 29.2 Å². The van der Waals surface area contributed by atoms with E-state index in [0.717, 1.165) is 37.3 Å². The normalized spacial score (nSPS) is 15.5. The molecule has 1 aliphatic heterocycles. The number of ether oxygens (including phenoxy) is 2. The number of carbonyl (C=O) groups is 2. The van der Waals surface area contributed by atoms with E-state index in [2.05, 4.69) is 17.1 Å². The summed E-state index contributed by atoms with van der Waals surface area (Å²) in [6.07, 6.45) is -4.09. The molecule has 10 heteroatoms. The van der Waals surface area contributed by atoms with Crippen molar-refractivity contribution in [1.82, 2.24) is 10.2 Å². The molecule has 1 saturated heterocycles. The van der Waals surface area contributed by atoms with Crippen molar-refractivity contribution >= 4 is 17.6 Å². The highest BCUT2D eigenvalue weighted by Gasteiger charge is 2.33. The Morgan fingerprint density at radius 1 is 1.00 bits per heavy atom. The molecule has 0 saturated carbocycles. The Labute approximate surface area is 228 Å². The summed E-state index contributed by atoms with van der Waals surface area (Å²) >= 11 is 0. The van der Waals surface area contributed by atoms with Crippen LogP contribution in [0.3, 0.4) is 0 Å². The molecule has 39 heavy (non-hydrogen) atoms. The average Bonchev–Trinajstić information content (AvgIpc) is 2.89. The minimum atomic E-state index is -4.55. The van der Waals surface area contributed by atoms with Gasteiger partial charge in [0.15, 0.2) is 5.60 Å². The highest BCUT2D eigenvalue weighted by Crippen LogP contribution is 2.33. The van der Waals surface area contributed by atoms with E-state index in [1.807, 2.05) is 17.0 Å². The number of amides is 1. The van der Waals surface area contributed by atoms with Crippen molar-refractivity contribution in [3.63, 3.8) is 0 Å². The van der Waals surface area contributed by atoms with E-state index in [-0.39, 0.29) is 18.2 Å². The minimum absolute atomic E-state index is 0.0200. The lowest BCUT2D eigenvalue weighted by Gasteiger charge is -2.36. The Morgan fingerprint density at radius 2 is 1.64 bits per heavy atom. The third-order valence-corrected chi connectivity index (χ3v) is 6.71. The van der Waals surface area contributed by atoms with Gasteiger partial charge in [0.25, 0.3) is 5.91 Å². The molecule has 1 fully saturated rings. The monoisotopic (exact) mass is 549 g/mol. The number of esters is 1. The molecule has 7 nitrogen and oxygen atoms in total. The average molecular weight is 550 g/mol. The molecule has 0 spiro atoms. The molecule has 0 radical (unpaired) electrons. The van der Waals surface area contributed by atoms with Crippen LogP contribution in [0.5, 0.6) is 5.75 Å². The lowest BCUT2D eigenvalue weighted by Crippen LogP contribution is -2.47. The van der Waals surface area contributed by atoms with Crippen molar-refractivity contribution in [2.45, 2.75) is 58.9 Å². The van der Waals surface area contributed by atoms with Crippen LogP contribution in [0.15, 0.2) is 42.5 Å². The summed E-state index contributed by atoms with van der Waals surface area (Å²) < 4.78 is 51.3. The van der Waals surface area contributed by atoms with Gasteiger partial charge >= 0.3 is 12.1 Å². The quantitative estimate of drug-likeness (QED) is 0.424. The largest absolute Gasteiger partial charge is 0.476 e. The van der Waals surface area contributed by atoms with Gasteiger partial charge in [0, 0.05) is 37.9 Å². The van der Waals surface area contributed by atoms with Crippen LogP contribution in [0, 0.1) is 0 Å². The predicted octanol–water partition coefficient (Wildman–Crippen LogP) is 4.93. The van der Waals surface area contributed by atoms with Gasteiger partial charge in [0.05, 0.1) is 17.7 Å². The summed E-state index contributed by atoms with van der Waals surface area (Å²) in [6.45, 7) is 12.9. The molecule has 1 aliphatic rings. The van der Waals surface area contributed by atoms with Gasteiger partial charge in [-0.25, -0.2) is 4.79 Å². The summed E-state index contributed by atoms with van der Waals surface area (Å²) in [6, 6.07) is 10.1. The zero-order valence-corrected chi connectivity index (χ0v) is 23.2. The number of benzene rings is 2. The van der Waals surface area contributed by atoms with E-state index in [1.165, 1.54) is 6.07 Å². The molecule has 1 unspecified atom stereocenters. The van der Waals surface area contributed by atoms with Gasteiger partial charge in [-0.3, -0.25) is 4.79 Å². The first kappa shape index (κ1) is 30.3. The van der Waals surface area contributed by atoms with Crippen LogP contribution in [0.2, 0.25) is 0 Å². The van der Waals surface area contributed by atoms with Crippen molar-refractivity contribution in [2.75, 3.05) is 44.2 Å². The molecule has 0 bridgehead atoms. The number of hydrogen-bond acceptors (Lipinski definition) is 6. The molecule has 0 aliphatic carbocycles. The number of alkyl halides is 3. The fourth-order valence-electron chi connectivity index (χ4n) is 4.52. The number of halogens is 3. The minimum Gasteiger partial charge on any atom is -0.476 e. The summed E-state index contributed by atoms with van der Waals surface area (Å²) in [5, 5.41) is 2.87. The zero-order valence-electron chi connectivity index (χ0n) is 23.2. The Balaban J connectivity index is 1.70. The number of piperazine rings is 1. The fourth-order valence-corrected chi connectivity index (χ4v) is 4.52. The lowest BCUT2D eigenvalue weighted by atomic mass is 10.0. The SMILES string of the molecule is CCOC(=O)C(C)(C)Oc1ccc(CC(C)NC(=O)c2cc(C(F)(F)F)ccc2N2CCN(CC)CC2)cc1. The molecule has 214 valence electrons. The van der Waals surface area contributed by atoms with Crippen LogP contribution in [0.1, 0.15) is 56.1 Å². The molecular formula is C29H38F3N3O4. The maximum absolute atomic E-state index is 13.5. The van der Waals surface area contributed by atoms with E-state index in [0.29, 0.717) is 30.9 Å². The molecule has 2 aromatic rings. The predicted molar refractivity (Wildman–Crippen MR) is 144 cm³/mol. The first-order valence-corrected chi connectivity index (χ1v) is 13.3. The highest BCUT2D eigenvalue weighted by atomic mass is 19.4. The second kappa shape index (κ2) is 12.7. The summed E-state index contributed by atoms with van der Waals surface area (Å²) in [4.78, 5) is 29.6. The van der Waals surface area contributed by atoms with Gasteiger partial charge in [-0.05, 0) is 76.6 Å². The molecular weight excluding hydrogens is 511 g/mol. The maximum Gasteiger partial charge on any atom is 0.416 e. The number of hydrogen-bond donors (Lipinski definition) is 1. The molecule has 3 rings (SSSR count). The van der Waals surface area contributed by atoms with E-state index >= 15 is 0 Å². The molecule has 0 aromatic heterocycles. The third-order valence-electron chi connectivity index (χ3n) is 6.71. The van der Waals surface area contributed by atoms with Crippen molar-refractivity contribution in [1.29, 1.82) is 0 Å². The number of nitrogens with one attached hydrogen (secondary N) is 1. The van der Waals surface area contributed by atoms with Crippen LogP contribution in [-0.4, -0.2) is 67.7 Å². The van der Waals surface area contributed by atoms with Gasteiger partial charge in [-0.2, -0.15) is 13.2 Å². The van der Waals surface area contributed by atoms with Gasteiger partial charge in [0.2, 0.25) is 0 Å². The van der Waals surface area contributed by atoms with E-state index in [1.54, 1.807) is 39.8 Å². The number of rotatable bonds is 10. The molecule has 1 amide bonds. The van der Waals surface area contributed by atoms with Gasteiger partial charge in [-0.15, -0.1) is 0 Å². The Morgan fingerprint density at radius 3 is 2.21 bits per heavy atom. The van der Waals surface area contributed by atoms with Crippen LogP contribution >= 0.6 is 0 Å². The first-order valence-electron chi connectivity index (χ1n) is 13.3. The van der Waals surface area contributed by atoms with Crippen molar-refractivity contribution in [3.8, 4) is 5.75 Å². The fraction of sp³-hybridized carbons (Fsp3) is 0.517. The number of nitrogens with zero attached hydrogens (tertiary/aromatic N) is 2. The molecule has 1 heterocycles. The van der Waals surface area contributed by atoms with Crippen molar-refractivity contribution < 1.29 is 32.2 Å². The second-order valence-corrected chi connectivity index (χ2v) is 10.2. The van der Waals surface area contributed by atoms with E-state index in [9.17, 15) is 22.8 Å². The van der Waals surface area contributed by atoms with Crippen LogP contribution in [-0.2, 0) is 22.1 Å². The van der Waals surface area contributed by atoms with Gasteiger partial charge in [-0.1, -0.05) is 19.1 Å². The first-order chi connectivity index (χ1) is 18.3. The molecule has 1 N–H and O–H groups in total. The summed E-state index contributed by atoms with van der Waals surface area (Å²) in [7, 11) is 0. The Hall–Kier alpha value is -3.27. The Kier molecular flexibility index (Phi) is 9.88. The number of likely N-dealkylation sites (N-methyl/N-ethyl adjacent to an activating group) is 1. The topological polar surface area (TPSA) is 71.1 Å². The standard InChI is InChI=1S/C29H38F3N3O4/c1-6-34-14-16-35(17-15-34)25-13-10-22(29(30,31)32)19-24(25)26(36)33-20(3)18-21-8-11-23(12-9-21)39-28(4,5)27(37)38-7-2/h8-13,19-20H,6-7,14-18H2,1-5H3,(H,33,36). The van der Waals surface area contributed by atoms with Gasteiger partial charge < -0.3 is 24.6 Å². The zero-order chi connectivity index (χ0) is 28.8. The van der Waals surface area contributed by atoms with Crippen LogP contribution in [0.25, 0.3) is 0 Å². The van der Waals surface area contributed by atoms with Crippen molar-refractivity contribution in [3.05, 3.63) is 59.2 Å². The molecule has 2 aromatic carbocycles. The molecule has 1 atom stereocenters. The number of anilines is 1. The smallest absolute Gasteiger partial charge is 0.416 e. The highest BCUT2D eigenvalue weighted by molar-refractivity contribution is 6.00. The number of carbonyl (C=O) groups excluding carboxylic acids is 2. The lowest BCUT2D eigenvalue weighted by molar-refractivity contribution is -0.158. The van der Waals surface area contributed by atoms with Crippen LogP contribution < -0.4 is 15.0 Å². The second-order valence-electron chi connectivity index (χ2n) is 10.2. The summed E-state index contributed by atoms with van der Waals surface area (Å²) in [5.74, 6) is -0.519.